The van der Waals surface area contributed by atoms with Gasteiger partial charge in [-0.2, -0.15) is 0 Å². The Bertz CT molecular complexity index is 1120. The zero-order valence-corrected chi connectivity index (χ0v) is 17.9. The van der Waals surface area contributed by atoms with E-state index in [1.165, 1.54) is 42.4 Å². The van der Waals surface area contributed by atoms with Crippen molar-refractivity contribution < 1.29 is 4.39 Å². The molecule has 0 bridgehead atoms. The lowest BCUT2D eigenvalue weighted by Crippen LogP contribution is -1.89. The highest BCUT2D eigenvalue weighted by molar-refractivity contribution is 5.91. The Morgan fingerprint density at radius 3 is 2.10 bits per heavy atom. The second-order valence-electron chi connectivity index (χ2n) is 8.24. The van der Waals surface area contributed by atoms with Gasteiger partial charge < -0.3 is 0 Å². The zero-order valence-electron chi connectivity index (χ0n) is 17.9. The van der Waals surface area contributed by atoms with Crippen LogP contribution >= 0.6 is 0 Å². The fourth-order valence-corrected chi connectivity index (χ4v) is 4.05. The van der Waals surface area contributed by atoms with Crippen LogP contribution in [0.4, 0.5) is 4.39 Å². The number of halogens is 1. The quantitative estimate of drug-likeness (QED) is 0.274. The number of hydrogen-bond acceptors (Lipinski definition) is 0. The maximum absolute atomic E-state index is 15.2. The molecule has 0 fully saturated rings. The van der Waals surface area contributed by atoms with Gasteiger partial charge in [-0.15, -0.1) is 0 Å². The molecule has 0 saturated carbocycles. The fraction of sp³-hybridized carbons (Fsp3) is 0.241. The Labute approximate surface area is 179 Å². The molecule has 4 aromatic carbocycles. The lowest BCUT2D eigenvalue weighted by molar-refractivity contribution is 0.643. The Balaban J connectivity index is 1.58. The molecule has 0 atom stereocenters. The molecule has 0 heterocycles. The van der Waals surface area contributed by atoms with Crippen molar-refractivity contribution in [2.75, 3.05) is 0 Å². The van der Waals surface area contributed by atoms with Crippen LogP contribution in [0.5, 0.6) is 0 Å². The summed E-state index contributed by atoms with van der Waals surface area (Å²) in [6.07, 6.45) is 6.29. The van der Waals surface area contributed by atoms with Crippen LogP contribution in [0.2, 0.25) is 0 Å². The molecule has 0 aromatic heterocycles. The van der Waals surface area contributed by atoms with E-state index in [9.17, 15) is 0 Å². The summed E-state index contributed by atoms with van der Waals surface area (Å²) in [6, 6.07) is 26.8. The number of rotatable bonds is 7. The van der Waals surface area contributed by atoms with Crippen molar-refractivity contribution in [3.05, 3.63) is 95.8 Å². The molecule has 0 aliphatic rings. The number of unbranched alkanes of at least 4 members (excludes halogenated alkanes) is 3. The SMILES string of the molecule is CCCCCCc1ccc(-c2ccc3c(F)c(-c4ccc(C)cc4)ccc3c2)cc1. The van der Waals surface area contributed by atoms with Gasteiger partial charge in [0.15, 0.2) is 0 Å². The number of hydrogen-bond donors (Lipinski definition) is 0. The van der Waals surface area contributed by atoms with Crippen LogP contribution < -0.4 is 0 Å². The molecular weight excluding hydrogens is 367 g/mol. The van der Waals surface area contributed by atoms with Gasteiger partial charge in [-0.1, -0.05) is 105 Å². The van der Waals surface area contributed by atoms with Crippen LogP contribution in [0.1, 0.15) is 43.7 Å². The summed E-state index contributed by atoms with van der Waals surface area (Å²) in [5, 5.41) is 1.61. The van der Waals surface area contributed by atoms with E-state index < -0.39 is 0 Å². The summed E-state index contributed by atoms with van der Waals surface area (Å²) < 4.78 is 15.2. The van der Waals surface area contributed by atoms with Gasteiger partial charge in [0.05, 0.1) is 0 Å². The van der Waals surface area contributed by atoms with Crippen molar-refractivity contribution in [2.45, 2.75) is 46.0 Å². The molecule has 0 nitrogen and oxygen atoms in total. The topological polar surface area (TPSA) is 0 Å². The van der Waals surface area contributed by atoms with Crippen molar-refractivity contribution in [3.63, 3.8) is 0 Å². The first kappa shape index (κ1) is 20.3. The molecule has 152 valence electrons. The van der Waals surface area contributed by atoms with E-state index in [1.54, 1.807) is 0 Å². The first-order valence-corrected chi connectivity index (χ1v) is 11.0. The third-order valence-corrected chi connectivity index (χ3v) is 5.92. The Morgan fingerprint density at radius 2 is 1.37 bits per heavy atom. The number of fused-ring (bicyclic) bond motifs is 1. The first-order chi connectivity index (χ1) is 14.7. The average Bonchev–Trinajstić information content (AvgIpc) is 2.78. The number of aryl methyl sites for hydroxylation is 2. The molecule has 4 rings (SSSR count). The highest BCUT2D eigenvalue weighted by atomic mass is 19.1. The van der Waals surface area contributed by atoms with E-state index >= 15 is 4.39 Å². The highest BCUT2D eigenvalue weighted by Crippen LogP contribution is 2.32. The van der Waals surface area contributed by atoms with E-state index in [4.69, 9.17) is 0 Å². The molecule has 0 unspecified atom stereocenters. The molecule has 4 aromatic rings. The smallest absolute Gasteiger partial charge is 0.138 e. The molecule has 0 spiro atoms. The highest BCUT2D eigenvalue weighted by Gasteiger charge is 2.10. The predicted octanol–water partition coefficient (Wildman–Crippen LogP) is 8.74. The van der Waals surface area contributed by atoms with Crippen molar-refractivity contribution in [3.8, 4) is 22.3 Å². The standard InChI is InChI=1S/C29H29F/c1-3-4-5-6-7-22-10-14-23(15-11-22)25-16-18-28-26(20-25)17-19-27(29(28)30)24-12-8-21(2)9-13-24/h8-20H,3-7H2,1-2H3. The van der Waals surface area contributed by atoms with Gasteiger partial charge in [-0.3, -0.25) is 0 Å². The van der Waals surface area contributed by atoms with Crippen LogP contribution in [0.15, 0.2) is 78.9 Å². The van der Waals surface area contributed by atoms with E-state index in [0.29, 0.717) is 10.9 Å². The summed E-state index contributed by atoms with van der Waals surface area (Å²) in [5.74, 6) is -0.148. The van der Waals surface area contributed by atoms with Crippen molar-refractivity contribution in [1.29, 1.82) is 0 Å². The molecule has 0 N–H and O–H groups in total. The largest absolute Gasteiger partial charge is 0.206 e. The molecular formula is C29H29F. The summed E-state index contributed by atoms with van der Waals surface area (Å²) in [7, 11) is 0. The second kappa shape index (κ2) is 9.26. The van der Waals surface area contributed by atoms with E-state index in [-0.39, 0.29) is 5.82 Å². The van der Waals surface area contributed by atoms with E-state index in [0.717, 1.165) is 22.9 Å². The summed E-state index contributed by atoms with van der Waals surface area (Å²) in [5.41, 5.74) is 6.45. The maximum atomic E-state index is 15.2. The minimum Gasteiger partial charge on any atom is -0.206 e. The van der Waals surface area contributed by atoms with E-state index in [2.05, 4.69) is 37.3 Å². The van der Waals surface area contributed by atoms with Gasteiger partial charge in [-0.05, 0) is 53.5 Å². The van der Waals surface area contributed by atoms with Gasteiger partial charge in [0, 0.05) is 10.9 Å². The Hall–Kier alpha value is -2.93. The van der Waals surface area contributed by atoms with Gasteiger partial charge in [-0.25, -0.2) is 4.39 Å². The Kier molecular flexibility index (Phi) is 6.28. The summed E-state index contributed by atoms with van der Waals surface area (Å²) in [4.78, 5) is 0. The lowest BCUT2D eigenvalue weighted by Gasteiger charge is -2.10. The van der Waals surface area contributed by atoms with E-state index in [1.807, 2.05) is 55.5 Å². The average molecular weight is 397 g/mol. The predicted molar refractivity (Wildman–Crippen MR) is 127 cm³/mol. The van der Waals surface area contributed by atoms with Crippen molar-refractivity contribution >= 4 is 10.8 Å². The van der Waals surface area contributed by atoms with Gasteiger partial charge in [0.1, 0.15) is 5.82 Å². The van der Waals surface area contributed by atoms with Crippen molar-refractivity contribution in [2.24, 2.45) is 0 Å². The monoisotopic (exact) mass is 396 g/mol. The first-order valence-electron chi connectivity index (χ1n) is 11.0. The molecule has 1 heteroatoms. The third kappa shape index (κ3) is 4.46. The molecule has 0 amide bonds. The van der Waals surface area contributed by atoms with Crippen molar-refractivity contribution in [1.82, 2.24) is 0 Å². The van der Waals surface area contributed by atoms with Gasteiger partial charge in [0.25, 0.3) is 0 Å². The third-order valence-electron chi connectivity index (χ3n) is 5.92. The normalized spacial score (nSPS) is 11.2. The minimum atomic E-state index is -0.148. The zero-order chi connectivity index (χ0) is 20.9. The van der Waals surface area contributed by atoms with Crippen LogP contribution in [0, 0.1) is 12.7 Å². The number of benzene rings is 4. The summed E-state index contributed by atoms with van der Waals surface area (Å²) in [6.45, 7) is 4.29. The molecule has 0 radical (unpaired) electrons. The molecule has 0 aliphatic carbocycles. The van der Waals surface area contributed by atoms with Crippen LogP contribution in [-0.2, 0) is 6.42 Å². The van der Waals surface area contributed by atoms with Crippen LogP contribution in [-0.4, -0.2) is 0 Å². The fourth-order valence-electron chi connectivity index (χ4n) is 4.05. The Morgan fingerprint density at radius 1 is 0.667 bits per heavy atom. The van der Waals surface area contributed by atoms with Gasteiger partial charge >= 0.3 is 0 Å². The minimum absolute atomic E-state index is 0.148. The van der Waals surface area contributed by atoms with Crippen LogP contribution in [0.25, 0.3) is 33.0 Å². The second-order valence-corrected chi connectivity index (χ2v) is 8.24. The molecule has 30 heavy (non-hydrogen) atoms. The van der Waals surface area contributed by atoms with Crippen LogP contribution in [0.3, 0.4) is 0 Å². The van der Waals surface area contributed by atoms with Gasteiger partial charge in [0.2, 0.25) is 0 Å². The summed E-state index contributed by atoms with van der Waals surface area (Å²) >= 11 is 0. The lowest BCUT2D eigenvalue weighted by atomic mass is 9.96. The maximum Gasteiger partial charge on any atom is 0.138 e. The molecule has 0 saturated heterocycles. The molecule has 0 aliphatic heterocycles.